The molecule has 7 rings (SSSR count). The van der Waals surface area contributed by atoms with Gasteiger partial charge >= 0.3 is 0 Å². The van der Waals surface area contributed by atoms with Gasteiger partial charge in [0, 0.05) is 47.2 Å². The van der Waals surface area contributed by atoms with Crippen LogP contribution in [0.3, 0.4) is 0 Å². The number of fused-ring (bicyclic) bond motifs is 2. The van der Waals surface area contributed by atoms with Gasteiger partial charge in [0.05, 0.1) is 59.7 Å². The Balaban J connectivity index is 1.31. The summed E-state index contributed by atoms with van der Waals surface area (Å²) in [5, 5.41) is 9.64. The molecule has 1 fully saturated rings. The van der Waals surface area contributed by atoms with Crippen molar-refractivity contribution in [2.45, 2.75) is 6.04 Å². The molecule has 0 bridgehead atoms. The van der Waals surface area contributed by atoms with Crippen molar-refractivity contribution in [3.8, 4) is 33.9 Å². The Kier molecular flexibility index (Phi) is 4.02. The molecule has 10 nitrogen and oxygen atoms in total. The van der Waals surface area contributed by atoms with Gasteiger partial charge in [0.15, 0.2) is 0 Å². The highest BCUT2D eigenvalue weighted by atomic mass is 16.3. The van der Waals surface area contributed by atoms with Crippen LogP contribution in [-0.4, -0.2) is 54.2 Å². The monoisotopic (exact) mass is 449 g/mol. The van der Waals surface area contributed by atoms with Crippen molar-refractivity contribution in [2.24, 2.45) is 5.73 Å². The largest absolute Gasteiger partial charge is 0.472 e. The molecule has 0 saturated carbocycles. The molecule has 7 heterocycles. The summed E-state index contributed by atoms with van der Waals surface area (Å²) in [7, 11) is 0. The Morgan fingerprint density at radius 1 is 0.971 bits per heavy atom. The predicted octanol–water partition coefficient (Wildman–Crippen LogP) is 3.37. The number of hydrogen-bond acceptors (Lipinski definition) is 8. The zero-order chi connectivity index (χ0) is 22.6. The first-order chi connectivity index (χ1) is 16.7. The van der Waals surface area contributed by atoms with Gasteiger partial charge in [-0.15, -0.1) is 0 Å². The molecule has 0 amide bonds. The Hall–Kier alpha value is -4.57. The lowest BCUT2D eigenvalue weighted by Gasteiger charge is -2.37. The van der Waals surface area contributed by atoms with Crippen LogP contribution in [0.2, 0.25) is 0 Å². The SMILES string of the molecule is NC1CN(c2cncc(-c3cc4c(-c5cc6c(-c7ccoc7)cncc6[nH]5)n[nH]c4cn3)n2)C1. The van der Waals surface area contributed by atoms with Crippen LogP contribution in [0.25, 0.3) is 55.7 Å². The average molecular weight is 449 g/mol. The van der Waals surface area contributed by atoms with E-state index in [0.29, 0.717) is 5.69 Å². The Bertz CT molecular complexity index is 1640. The van der Waals surface area contributed by atoms with Crippen molar-refractivity contribution in [1.82, 2.24) is 35.1 Å². The first-order valence-corrected chi connectivity index (χ1v) is 10.9. The minimum atomic E-state index is 0.189. The van der Waals surface area contributed by atoms with Crippen molar-refractivity contribution >= 4 is 27.6 Å². The molecule has 0 spiro atoms. The summed E-state index contributed by atoms with van der Waals surface area (Å²) in [6.45, 7) is 1.57. The van der Waals surface area contributed by atoms with Gasteiger partial charge in [0.1, 0.15) is 17.2 Å². The highest BCUT2D eigenvalue weighted by Gasteiger charge is 2.25. The molecule has 34 heavy (non-hydrogen) atoms. The number of pyridine rings is 2. The van der Waals surface area contributed by atoms with Crippen LogP contribution in [0, 0.1) is 0 Å². The highest BCUT2D eigenvalue weighted by Crippen LogP contribution is 2.34. The van der Waals surface area contributed by atoms with Crippen molar-refractivity contribution in [2.75, 3.05) is 18.0 Å². The van der Waals surface area contributed by atoms with Gasteiger partial charge in [-0.05, 0) is 18.2 Å². The van der Waals surface area contributed by atoms with E-state index in [4.69, 9.17) is 15.1 Å². The van der Waals surface area contributed by atoms with Crippen LogP contribution >= 0.6 is 0 Å². The Labute approximate surface area is 192 Å². The van der Waals surface area contributed by atoms with Crippen LogP contribution in [0.1, 0.15) is 0 Å². The van der Waals surface area contributed by atoms with Crippen molar-refractivity contribution in [1.29, 1.82) is 0 Å². The number of hydrogen-bond donors (Lipinski definition) is 3. The Morgan fingerprint density at radius 3 is 2.74 bits per heavy atom. The second kappa shape index (κ2) is 7.22. The maximum atomic E-state index is 5.92. The highest BCUT2D eigenvalue weighted by molar-refractivity contribution is 6.00. The predicted molar refractivity (Wildman–Crippen MR) is 128 cm³/mol. The fourth-order valence-electron chi connectivity index (χ4n) is 4.42. The molecule has 10 heteroatoms. The topological polar surface area (TPSA) is 138 Å². The summed E-state index contributed by atoms with van der Waals surface area (Å²) in [4.78, 5) is 23.7. The molecule has 0 radical (unpaired) electrons. The minimum Gasteiger partial charge on any atom is -0.472 e. The molecule has 6 aromatic heterocycles. The van der Waals surface area contributed by atoms with E-state index in [1.54, 1.807) is 31.1 Å². The summed E-state index contributed by atoms with van der Waals surface area (Å²) in [6, 6.07) is 6.19. The molecule has 166 valence electrons. The first-order valence-electron chi connectivity index (χ1n) is 10.9. The lowest BCUT2D eigenvalue weighted by Crippen LogP contribution is -2.56. The summed E-state index contributed by atoms with van der Waals surface area (Å²) in [5.74, 6) is 0.809. The first kappa shape index (κ1) is 18.9. The zero-order valence-corrected chi connectivity index (χ0v) is 17.9. The van der Waals surface area contributed by atoms with Gasteiger partial charge in [0.2, 0.25) is 0 Å². The molecular weight excluding hydrogens is 430 g/mol. The van der Waals surface area contributed by atoms with E-state index >= 15 is 0 Å². The molecule has 0 unspecified atom stereocenters. The van der Waals surface area contributed by atoms with Crippen LogP contribution in [0.5, 0.6) is 0 Å². The molecule has 0 aromatic carbocycles. The van der Waals surface area contributed by atoms with E-state index < -0.39 is 0 Å². The molecular formula is C24H19N9O. The van der Waals surface area contributed by atoms with Crippen LogP contribution in [0.4, 0.5) is 5.82 Å². The molecule has 6 aromatic rings. The molecule has 4 N–H and O–H groups in total. The third-order valence-electron chi connectivity index (χ3n) is 6.20. The van der Waals surface area contributed by atoms with E-state index in [2.05, 4.69) is 41.1 Å². The zero-order valence-electron chi connectivity index (χ0n) is 17.9. The number of aromatic nitrogens is 7. The van der Waals surface area contributed by atoms with Crippen molar-refractivity contribution in [3.63, 3.8) is 0 Å². The van der Waals surface area contributed by atoms with E-state index in [-0.39, 0.29) is 6.04 Å². The van der Waals surface area contributed by atoms with Crippen molar-refractivity contribution in [3.05, 3.63) is 61.7 Å². The third-order valence-corrected chi connectivity index (χ3v) is 6.20. The molecule has 1 saturated heterocycles. The van der Waals surface area contributed by atoms with E-state index in [1.165, 1.54) is 0 Å². The van der Waals surface area contributed by atoms with Gasteiger partial charge in [-0.1, -0.05) is 0 Å². The summed E-state index contributed by atoms with van der Waals surface area (Å²) in [5.41, 5.74) is 12.8. The van der Waals surface area contributed by atoms with Crippen LogP contribution in [-0.2, 0) is 0 Å². The fourth-order valence-corrected chi connectivity index (χ4v) is 4.42. The smallest absolute Gasteiger partial charge is 0.147 e. The van der Waals surface area contributed by atoms with Gasteiger partial charge in [-0.25, -0.2) is 4.98 Å². The minimum absolute atomic E-state index is 0.189. The van der Waals surface area contributed by atoms with E-state index in [1.807, 2.05) is 24.5 Å². The van der Waals surface area contributed by atoms with Gasteiger partial charge in [-0.3, -0.25) is 20.1 Å². The number of nitrogens with zero attached hydrogens (tertiary/aromatic N) is 6. The fraction of sp³-hybridized carbons (Fsp3) is 0.125. The van der Waals surface area contributed by atoms with E-state index in [0.717, 1.165) is 68.9 Å². The molecule has 0 atom stereocenters. The quantitative estimate of drug-likeness (QED) is 0.372. The second-order valence-electron chi connectivity index (χ2n) is 8.46. The number of H-pyrrole nitrogens is 2. The van der Waals surface area contributed by atoms with Gasteiger partial charge < -0.3 is 20.0 Å². The van der Waals surface area contributed by atoms with E-state index in [9.17, 15) is 0 Å². The second-order valence-corrected chi connectivity index (χ2v) is 8.46. The Morgan fingerprint density at radius 2 is 1.88 bits per heavy atom. The maximum Gasteiger partial charge on any atom is 0.147 e. The molecule has 1 aliphatic rings. The lowest BCUT2D eigenvalue weighted by molar-refractivity contribution is 0.514. The number of rotatable bonds is 4. The van der Waals surface area contributed by atoms with Crippen LogP contribution in [0.15, 0.2) is 66.1 Å². The normalized spacial score (nSPS) is 14.2. The van der Waals surface area contributed by atoms with Crippen LogP contribution < -0.4 is 10.6 Å². The van der Waals surface area contributed by atoms with Crippen molar-refractivity contribution < 1.29 is 4.42 Å². The standard InChI is InChI=1S/C24H19N9O/c25-14-10-33(11-14)23-9-27-7-22(30-23)18-4-16-21(8-28-18)31-32-24(16)19-3-15-17(13-1-2-34-12-13)5-26-6-20(15)29-19/h1-9,12,14,29H,10-11,25H2,(H,31,32). The number of anilines is 1. The number of aromatic amines is 2. The van der Waals surface area contributed by atoms with Gasteiger partial charge in [-0.2, -0.15) is 5.10 Å². The number of nitrogens with one attached hydrogen (secondary N) is 2. The molecule has 0 aliphatic carbocycles. The number of nitrogens with two attached hydrogens (primary N) is 1. The van der Waals surface area contributed by atoms with Gasteiger partial charge in [0.25, 0.3) is 0 Å². The lowest BCUT2D eigenvalue weighted by atomic mass is 10.1. The summed E-state index contributed by atoms with van der Waals surface area (Å²) >= 11 is 0. The molecule has 1 aliphatic heterocycles. The third kappa shape index (κ3) is 2.96. The summed E-state index contributed by atoms with van der Waals surface area (Å²) in [6.07, 6.45) is 12.3. The summed E-state index contributed by atoms with van der Waals surface area (Å²) < 4.78 is 5.27. The average Bonchev–Trinajstić information content (AvgIpc) is 3.60. The number of furan rings is 1. The maximum absolute atomic E-state index is 5.92.